The van der Waals surface area contributed by atoms with Crippen molar-refractivity contribution in [3.63, 3.8) is 0 Å². The fraction of sp³-hybridized carbons (Fsp3) is 0.409. The molecule has 1 fully saturated rings. The number of carbonyl (C=O) groups is 2. The van der Waals surface area contributed by atoms with Crippen LogP contribution in [0.2, 0.25) is 5.02 Å². The molecule has 7 nitrogen and oxygen atoms in total. The number of nitrogens with zero attached hydrogens (tertiary/aromatic N) is 3. The lowest BCUT2D eigenvalue weighted by Crippen LogP contribution is -2.46. The number of likely N-dealkylation sites (tertiary alicyclic amines) is 1. The summed E-state index contributed by atoms with van der Waals surface area (Å²) in [6, 6.07) is 4.02. The second-order valence-corrected chi connectivity index (χ2v) is 8.70. The number of benzene rings is 1. The second kappa shape index (κ2) is 8.40. The summed E-state index contributed by atoms with van der Waals surface area (Å²) in [4.78, 5) is 41.6. The molecular weight excluding hydrogens is 463 g/mol. The lowest BCUT2D eigenvalue weighted by Gasteiger charge is -2.34. The van der Waals surface area contributed by atoms with Gasteiger partial charge in [-0.2, -0.15) is 0 Å². The molecule has 0 aliphatic carbocycles. The van der Waals surface area contributed by atoms with Gasteiger partial charge in [-0.1, -0.05) is 17.7 Å². The van der Waals surface area contributed by atoms with Crippen LogP contribution in [0.4, 0.5) is 13.2 Å². The number of halogens is 4. The summed E-state index contributed by atoms with van der Waals surface area (Å²) in [5.41, 5.74) is -0.541. The predicted molar refractivity (Wildman–Crippen MR) is 113 cm³/mol. The van der Waals surface area contributed by atoms with Gasteiger partial charge in [0.15, 0.2) is 5.75 Å². The Balaban J connectivity index is 1.69. The maximum atomic E-state index is 13.5. The third kappa shape index (κ3) is 4.19. The normalized spacial score (nSPS) is 17.8. The second-order valence-electron chi connectivity index (χ2n) is 8.29. The number of rotatable bonds is 3. The van der Waals surface area contributed by atoms with Crippen molar-refractivity contribution in [2.24, 2.45) is 7.05 Å². The molecule has 2 amide bonds. The van der Waals surface area contributed by atoms with Gasteiger partial charge in [0.1, 0.15) is 11.5 Å². The Kier molecular flexibility index (Phi) is 5.90. The Morgan fingerprint density at radius 1 is 1.18 bits per heavy atom. The highest BCUT2D eigenvalue weighted by molar-refractivity contribution is 6.30. The van der Waals surface area contributed by atoms with Crippen molar-refractivity contribution in [2.45, 2.75) is 31.7 Å². The molecule has 3 heterocycles. The van der Waals surface area contributed by atoms with Crippen LogP contribution in [-0.4, -0.2) is 56.8 Å². The van der Waals surface area contributed by atoms with E-state index in [0.29, 0.717) is 5.56 Å². The molecule has 2 aliphatic heterocycles. The van der Waals surface area contributed by atoms with Crippen LogP contribution in [0.5, 0.6) is 5.75 Å². The van der Waals surface area contributed by atoms with Gasteiger partial charge in [0.25, 0.3) is 23.3 Å². The van der Waals surface area contributed by atoms with Crippen LogP contribution < -0.4 is 5.56 Å². The van der Waals surface area contributed by atoms with E-state index in [-0.39, 0.29) is 54.4 Å². The fourth-order valence-electron chi connectivity index (χ4n) is 4.28. The maximum Gasteiger partial charge on any atom is 0.293 e. The molecule has 1 aromatic carbocycles. The fourth-order valence-corrected chi connectivity index (χ4v) is 4.48. The molecular formula is C22H21ClF3N3O4. The van der Waals surface area contributed by atoms with E-state index in [9.17, 15) is 32.7 Å². The molecule has 0 spiro atoms. The Labute approximate surface area is 192 Å². The van der Waals surface area contributed by atoms with E-state index in [4.69, 9.17) is 11.6 Å². The predicted octanol–water partition coefficient (Wildman–Crippen LogP) is 2.95. The highest BCUT2D eigenvalue weighted by Gasteiger charge is 2.39. The number of pyridine rings is 1. The van der Waals surface area contributed by atoms with E-state index < -0.39 is 47.7 Å². The third-order valence-electron chi connectivity index (χ3n) is 6.14. The number of carbonyl (C=O) groups excluding carboxylic acids is 2. The summed E-state index contributed by atoms with van der Waals surface area (Å²) in [6.45, 7) is -0.142. The Morgan fingerprint density at radius 2 is 1.85 bits per heavy atom. The van der Waals surface area contributed by atoms with Gasteiger partial charge in [-0.15, -0.1) is 0 Å². The summed E-state index contributed by atoms with van der Waals surface area (Å²) >= 11 is 5.81. The molecule has 0 unspecified atom stereocenters. The number of hydrogen-bond donors (Lipinski definition) is 1. The lowest BCUT2D eigenvalue weighted by atomic mass is 9.94. The minimum Gasteiger partial charge on any atom is -0.502 e. The lowest BCUT2D eigenvalue weighted by molar-refractivity contribution is -0.0495. The minimum absolute atomic E-state index is 0.0530. The summed E-state index contributed by atoms with van der Waals surface area (Å²) in [6.07, 6.45) is -0.817. The summed E-state index contributed by atoms with van der Waals surface area (Å²) in [5.74, 6) is -5.52. The van der Waals surface area contributed by atoms with Gasteiger partial charge >= 0.3 is 0 Å². The van der Waals surface area contributed by atoms with E-state index >= 15 is 0 Å². The van der Waals surface area contributed by atoms with E-state index in [0.717, 1.165) is 4.57 Å². The van der Waals surface area contributed by atoms with Gasteiger partial charge in [-0.25, -0.2) is 13.2 Å². The van der Waals surface area contributed by atoms with Crippen molar-refractivity contribution in [1.29, 1.82) is 0 Å². The van der Waals surface area contributed by atoms with E-state index in [2.05, 4.69) is 0 Å². The van der Waals surface area contributed by atoms with Gasteiger partial charge in [0.2, 0.25) is 0 Å². The zero-order chi connectivity index (χ0) is 24.1. The standard InChI is InChI=1S/C22H21ClF3N3O4/c1-27-17(20(32)28-8-5-22(25,26)6-9-28)13-4-7-29(19(31)16(13)18(30)21(27)33)11-12-2-3-15(24)14(23)10-12/h2-3,10,30H,4-9,11H2,1H3. The molecule has 176 valence electrons. The number of hydrogen-bond acceptors (Lipinski definition) is 4. The van der Waals surface area contributed by atoms with Gasteiger partial charge < -0.3 is 19.5 Å². The van der Waals surface area contributed by atoms with Crippen LogP contribution in [0.3, 0.4) is 0 Å². The highest BCUT2D eigenvalue weighted by atomic mass is 35.5. The number of aromatic nitrogens is 1. The number of aromatic hydroxyl groups is 1. The van der Waals surface area contributed by atoms with Crippen molar-refractivity contribution >= 4 is 23.4 Å². The van der Waals surface area contributed by atoms with Crippen molar-refractivity contribution in [1.82, 2.24) is 14.4 Å². The van der Waals surface area contributed by atoms with Crippen LogP contribution in [0, 0.1) is 5.82 Å². The molecule has 4 rings (SSSR count). The van der Waals surface area contributed by atoms with Gasteiger partial charge in [0.05, 0.1) is 10.6 Å². The molecule has 2 aliphatic rings. The van der Waals surface area contributed by atoms with Gasteiger partial charge in [-0.3, -0.25) is 14.4 Å². The number of amides is 2. The number of fused-ring (bicyclic) bond motifs is 1. The van der Waals surface area contributed by atoms with E-state index in [1.165, 1.54) is 35.0 Å². The first kappa shape index (κ1) is 23.2. The quantitative estimate of drug-likeness (QED) is 0.727. The SMILES string of the molecule is Cn1c(C(=O)N2CCC(F)(F)CC2)c2c(c(O)c1=O)C(=O)N(Cc1ccc(F)c(Cl)c1)CC2. The molecule has 1 aromatic heterocycles. The minimum atomic E-state index is -2.85. The summed E-state index contributed by atoms with van der Waals surface area (Å²) < 4.78 is 41.5. The van der Waals surface area contributed by atoms with Crippen molar-refractivity contribution < 1.29 is 27.9 Å². The Hall–Kier alpha value is -3.01. The molecule has 0 atom stereocenters. The van der Waals surface area contributed by atoms with Crippen LogP contribution >= 0.6 is 11.6 Å². The molecule has 1 saturated heterocycles. The smallest absolute Gasteiger partial charge is 0.293 e. The zero-order valence-electron chi connectivity index (χ0n) is 17.7. The molecule has 1 N–H and O–H groups in total. The Bertz CT molecular complexity index is 1200. The van der Waals surface area contributed by atoms with E-state index in [1.807, 2.05) is 0 Å². The molecule has 0 bridgehead atoms. The first-order valence-corrected chi connectivity index (χ1v) is 10.7. The third-order valence-corrected chi connectivity index (χ3v) is 6.43. The molecule has 11 heteroatoms. The van der Waals surface area contributed by atoms with Crippen molar-refractivity contribution in [2.75, 3.05) is 19.6 Å². The number of piperidine rings is 1. The molecule has 0 radical (unpaired) electrons. The van der Waals surface area contributed by atoms with Crippen molar-refractivity contribution in [3.8, 4) is 5.75 Å². The monoisotopic (exact) mass is 483 g/mol. The largest absolute Gasteiger partial charge is 0.502 e. The van der Waals surface area contributed by atoms with E-state index in [1.54, 1.807) is 0 Å². The highest BCUT2D eigenvalue weighted by Crippen LogP contribution is 2.32. The molecule has 2 aromatic rings. The average molecular weight is 484 g/mol. The average Bonchev–Trinajstić information content (AvgIpc) is 2.76. The van der Waals surface area contributed by atoms with Gasteiger partial charge in [-0.05, 0) is 24.1 Å². The maximum absolute atomic E-state index is 13.5. The summed E-state index contributed by atoms with van der Waals surface area (Å²) in [5, 5.41) is 10.4. The number of alkyl halides is 2. The Morgan fingerprint density at radius 3 is 2.48 bits per heavy atom. The first-order chi connectivity index (χ1) is 15.5. The van der Waals surface area contributed by atoms with Crippen LogP contribution in [-0.2, 0) is 20.0 Å². The van der Waals surface area contributed by atoms with Crippen LogP contribution in [0.25, 0.3) is 0 Å². The molecule has 33 heavy (non-hydrogen) atoms. The van der Waals surface area contributed by atoms with Gasteiger partial charge in [0, 0.05) is 51.6 Å². The van der Waals surface area contributed by atoms with Crippen LogP contribution in [0.15, 0.2) is 23.0 Å². The molecule has 0 saturated carbocycles. The van der Waals surface area contributed by atoms with Crippen LogP contribution in [0.1, 0.15) is 44.8 Å². The first-order valence-electron chi connectivity index (χ1n) is 10.4. The van der Waals surface area contributed by atoms with Crippen molar-refractivity contribution in [3.05, 3.63) is 61.8 Å². The zero-order valence-corrected chi connectivity index (χ0v) is 18.5. The summed E-state index contributed by atoms with van der Waals surface area (Å²) in [7, 11) is 1.30. The topological polar surface area (TPSA) is 82.8 Å².